The van der Waals surface area contributed by atoms with E-state index in [9.17, 15) is 4.79 Å². The fourth-order valence-corrected chi connectivity index (χ4v) is 2.15. The number of amides is 1. The first kappa shape index (κ1) is 13.5. The van der Waals surface area contributed by atoms with Crippen LogP contribution in [0.4, 0.5) is 0 Å². The Morgan fingerprint density at radius 1 is 1.56 bits per heavy atom. The van der Waals surface area contributed by atoms with Crippen molar-refractivity contribution >= 4 is 5.91 Å². The van der Waals surface area contributed by atoms with Gasteiger partial charge >= 0.3 is 0 Å². The van der Waals surface area contributed by atoms with Crippen molar-refractivity contribution < 1.29 is 9.53 Å². The lowest BCUT2D eigenvalue weighted by molar-refractivity contribution is -0.123. The molecule has 0 bridgehead atoms. The average molecular weight is 228 g/mol. The molecule has 1 aliphatic heterocycles. The van der Waals surface area contributed by atoms with Crippen LogP contribution in [0.2, 0.25) is 0 Å². The van der Waals surface area contributed by atoms with Crippen molar-refractivity contribution in [2.24, 2.45) is 0 Å². The lowest BCUT2D eigenvalue weighted by atomic mass is 10.1. The summed E-state index contributed by atoms with van der Waals surface area (Å²) in [6.07, 6.45) is 3.98. The van der Waals surface area contributed by atoms with Gasteiger partial charge in [-0.05, 0) is 39.7 Å². The van der Waals surface area contributed by atoms with E-state index in [4.69, 9.17) is 4.74 Å². The number of rotatable bonds is 6. The fourth-order valence-electron chi connectivity index (χ4n) is 2.15. The smallest absolute Gasteiger partial charge is 0.220 e. The van der Waals surface area contributed by atoms with E-state index < -0.39 is 0 Å². The number of ether oxygens (including phenoxy) is 1. The molecule has 1 fully saturated rings. The summed E-state index contributed by atoms with van der Waals surface area (Å²) in [4.78, 5) is 11.7. The lowest BCUT2D eigenvalue weighted by Crippen LogP contribution is -2.47. The van der Waals surface area contributed by atoms with Gasteiger partial charge in [0, 0.05) is 19.6 Å². The maximum atomic E-state index is 11.7. The second kappa shape index (κ2) is 6.21. The standard InChI is InChI=1S/C12H24N2O2/c1-12(2,9-16-3)14-11(15)7-6-10-5-4-8-13-10/h10,13H,4-9H2,1-3H3,(H,14,15). The largest absolute Gasteiger partial charge is 0.382 e. The molecule has 4 heteroatoms. The second-order valence-electron chi connectivity index (χ2n) is 5.20. The van der Waals surface area contributed by atoms with Crippen LogP contribution in [0.5, 0.6) is 0 Å². The Kier molecular flexibility index (Phi) is 5.22. The van der Waals surface area contributed by atoms with Gasteiger partial charge in [0.25, 0.3) is 0 Å². The normalized spacial score (nSPS) is 21.1. The Morgan fingerprint density at radius 3 is 2.88 bits per heavy atom. The minimum absolute atomic E-state index is 0.121. The minimum Gasteiger partial charge on any atom is -0.382 e. The van der Waals surface area contributed by atoms with Crippen LogP contribution in [0.15, 0.2) is 0 Å². The molecule has 0 aliphatic carbocycles. The van der Waals surface area contributed by atoms with Crippen LogP contribution in [-0.2, 0) is 9.53 Å². The van der Waals surface area contributed by atoms with Crippen molar-refractivity contribution in [1.29, 1.82) is 0 Å². The van der Waals surface area contributed by atoms with Crippen LogP contribution >= 0.6 is 0 Å². The molecule has 0 spiro atoms. The molecular weight excluding hydrogens is 204 g/mol. The van der Waals surface area contributed by atoms with Crippen molar-refractivity contribution in [2.75, 3.05) is 20.3 Å². The molecule has 16 heavy (non-hydrogen) atoms. The summed E-state index contributed by atoms with van der Waals surface area (Å²) >= 11 is 0. The highest BCUT2D eigenvalue weighted by Crippen LogP contribution is 2.11. The zero-order valence-corrected chi connectivity index (χ0v) is 10.6. The average Bonchev–Trinajstić information content (AvgIpc) is 2.66. The monoisotopic (exact) mass is 228 g/mol. The molecule has 1 unspecified atom stereocenters. The van der Waals surface area contributed by atoms with Gasteiger partial charge in [0.2, 0.25) is 5.91 Å². The number of carbonyl (C=O) groups is 1. The Balaban J connectivity index is 2.19. The molecule has 4 nitrogen and oxygen atoms in total. The summed E-state index contributed by atoms with van der Waals surface area (Å²) in [7, 11) is 1.65. The molecule has 2 N–H and O–H groups in total. The Bertz CT molecular complexity index is 223. The predicted octanol–water partition coefficient (Wildman–Crippen LogP) is 1.06. The molecule has 1 rings (SSSR count). The number of methoxy groups -OCH3 is 1. The van der Waals surface area contributed by atoms with Crippen LogP contribution in [0, 0.1) is 0 Å². The van der Waals surface area contributed by atoms with Crippen molar-refractivity contribution in [2.45, 2.75) is 51.1 Å². The molecule has 1 saturated heterocycles. The van der Waals surface area contributed by atoms with Crippen molar-refractivity contribution in [3.63, 3.8) is 0 Å². The third-order valence-electron chi connectivity index (χ3n) is 2.87. The fraction of sp³-hybridized carbons (Fsp3) is 0.917. The van der Waals surface area contributed by atoms with Gasteiger partial charge in [0.05, 0.1) is 12.1 Å². The second-order valence-corrected chi connectivity index (χ2v) is 5.20. The molecule has 1 heterocycles. The topological polar surface area (TPSA) is 50.4 Å². The van der Waals surface area contributed by atoms with Crippen molar-refractivity contribution in [3.8, 4) is 0 Å². The Morgan fingerprint density at radius 2 is 2.31 bits per heavy atom. The molecule has 0 saturated carbocycles. The number of hydrogen-bond acceptors (Lipinski definition) is 3. The highest BCUT2D eigenvalue weighted by atomic mass is 16.5. The summed E-state index contributed by atoms with van der Waals surface area (Å²) in [5.74, 6) is 0.121. The number of nitrogens with one attached hydrogen (secondary N) is 2. The van der Waals surface area contributed by atoms with Gasteiger partial charge in [-0.2, -0.15) is 0 Å². The van der Waals surface area contributed by atoms with Crippen LogP contribution < -0.4 is 10.6 Å². The van der Waals surface area contributed by atoms with Crippen LogP contribution in [-0.4, -0.2) is 37.7 Å². The van der Waals surface area contributed by atoms with Crippen molar-refractivity contribution in [3.05, 3.63) is 0 Å². The summed E-state index contributed by atoms with van der Waals surface area (Å²) in [6, 6.07) is 0.538. The van der Waals surface area contributed by atoms with E-state index in [-0.39, 0.29) is 11.4 Å². The third-order valence-corrected chi connectivity index (χ3v) is 2.87. The summed E-state index contributed by atoms with van der Waals surface area (Å²) in [6.45, 7) is 5.59. The molecule has 1 amide bonds. The van der Waals surface area contributed by atoms with Gasteiger partial charge < -0.3 is 15.4 Å². The van der Waals surface area contributed by atoms with Crippen LogP contribution in [0.3, 0.4) is 0 Å². The van der Waals surface area contributed by atoms with E-state index in [0.717, 1.165) is 13.0 Å². The van der Waals surface area contributed by atoms with E-state index in [0.29, 0.717) is 19.1 Å². The van der Waals surface area contributed by atoms with Gasteiger partial charge in [0.1, 0.15) is 0 Å². The van der Waals surface area contributed by atoms with Gasteiger partial charge in [-0.3, -0.25) is 4.79 Å². The molecule has 1 aliphatic rings. The molecule has 1 atom stereocenters. The molecule has 0 aromatic carbocycles. The zero-order chi connectivity index (χ0) is 12.0. The number of carbonyl (C=O) groups excluding carboxylic acids is 1. The Labute approximate surface area is 98.1 Å². The zero-order valence-electron chi connectivity index (χ0n) is 10.6. The van der Waals surface area contributed by atoms with Crippen LogP contribution in [0.25, 0.3) is 0 Å². The predicted molar refractivity (Wildman–Crippen MR) is 64.4 cm³/mol. The maximum Gasteiger partial charge on any atom is 0.220 e. The van der Waals surface area contributed by atoms with Crippen LogP contribution in [0.1, 0.15) is 39.5 Å². The first-order valence-corrected chi connectivity index (χ1v) is 6.07. The van der Waals surface area contributed by atoms with Crippen molar-refractivity contribution in [1.82, 2.24) is 10.6 Å². The summed E-state index contributed by atoms with van der Waals surface area (Å²) in [5.41, 5.74) is -0.269. The molecular formula is C12H24N2O2. The molecule has 0 aromatic heterocycles. The number of hydrogen-bond donors (Lipinski definition) is 2. The minimum atomic E-state index is -0.269. The molecule has 0 radical (unpaired) electrons. The van der Waals surface area contributed by atoms with E-state index >= 15 is 0 Å². The summed E-state index contributed by atoms with van der Waals surface area (Å²) < 4.78 is 5.06. The van der Waals surface area contributed by atoms with Gasteiger partial charge in [-0.15, -0.1) is 0 Å². The Hall–Kier alpha value is -0.610. The third kappa shape index (κ3) is 4.94. The lowest BCUT2D eigenvalue weighted by Gasteiger charge is -2.25. The van der Waals surface area contributed by atoms with E-state index in [2.05, 4.69) is 10.6 Å². The van der Waals surface area contributed by atoms with Gasteiger partial charge in [0.15, 0.2) is 0 Å². The highest BCUT2D eigenvalue weighted by Gasteiger charge is 2.21. The SMILES string of the molecule is COCC(C)(C)NC(=O)CCC1CCCN1. The quantitative estimate of drug-likeness (QED) is 0.714. The van der Waals surface area contributed by atoms with E-state index in [1.165, 1.54) is 12.8 Å². The van der Waals surface area contributed by atoms with E-state index in [1.54, 1.807) is 7.11 Å². The maximum absolute atomic E-state index is 11.7. The first-order chi connectivity index (χ1) is 7.53. The molecule has 0 aromatic rings. The van der Waals surface area contributed by atoms with E-state index in [1.807, 2.05) is 13.8 Å². The first-order valence-electron chi connectivity index (χ1n) is 6.07. The van der Waals surface area contributed by atoms with Gasteiger partial charge in [-0.1, -0.05) is 0 Å². The highest BCUT2D eigenvalue weighted by molar-refractivity contribution is 5.76. The molecule has 94 valence electrons. The summed E-state index contributed by atoms with van der Waals surface area (Å²) in [5, 5.41) is 6.38. The van der Waals surface area contributed by atoms with Gasteiger partial charge in [-0.25, -0.2) is 0 Å².